The summed E-state index contributed by atoms with van der Waals surface area (Å²) in [6.45, 7) is -0.164. The Morgan fingerprint density at radius 3 is 2.57 bits per heavy atom. The molecule has 3 N–H and O–H groups in total. The zero-order valence-electron chi connectivity index (χ0n) is 7.63. The number of methoxy groups -OCH3 is 1. The first-order valence-corrected chi connectivity index (χ1v) is 4.01. The topological polar surface area (TPSA) is 55.5 Å². The van der Waals surface area contributed by atoms with E-state index in [0.717, 1.165) is 12.1 Å². The zero-order valence-corrected chi connectivity index (χ0v) is 7.63. The summed E-state index contributed by atoms with van der Waals surface area (Å²) in [6.07, 6.45) is -1.20. The van der Waals surface area contributed by atoms with Crippen LogP contribution in [0, 0.1) is 11.6 Å². The molecule has 1 rings (SSSR count). The molecule has 0 heterocycles. The Labute approximate surface area is 80.1 Å². The Morgan fingerprint density at radius 1 is 1.43 bits per heavy atom. The van der Waals surface area contributed by atoms with Crippen molar-refractivity contribution < 1.29 is 18.6 Å². The molecule has 14 heavy (non-hydrogen) atoms. The quantitative estimate of drug-likeness (QED) is 0.769. The van der Waals surface area contributed by atoms with Crippen LogP contribution in [0.4, 0.5) is 8.78 Å². The van der Waals surface area contributed by atoms with Crippen LogP contribution < -0.4 is 10.5 Å². The van der Waals surface area contributed by atoms with Gasteiger partial charge in [-0.1, -0.05) is 0 Å². The van der Waals surface area contributed by atoms with Crippen molar-refractivity contribution in [2.75, 3.05) is 13.7 Å². The highest BCUT2D eigenvalue weighted by Gasteiger charge is 2.15. The van der Waals surface area contributed by atoms with Gasteiger partial charge in [-0.2, -0.15) is 0 Å². The monoisotopic (exact) mass is 203 g/mol. The predicted molar refractivity (Wildman–Crippen MR) is 46.9 cm³/mol. The van der Waals surface area contributed by atoms with Crippen molar-refractivity contribution in [1.82, 2.24) is 0 Å². The van der Waals surface area contributed by atoms with Crippen molar-refractivity contribution in [3.63, 3.8) is 0 Å². The number of hydrogen-bond donors (Lipinski definition) is 2. The van der Waals surface area contributed by atoms with Crippen LogP contribution in [-0.4, -0.2) is 18.8 Å². The van der Waals surface area contributed by atoms with Gasteiger partial charge in [0.05, 0.1) is 13.2 Å². The molecule has 3 nitrogen and oxygen atoms in total. The zero-order chi connectivity index (χ0) is 10.7. The van der Waals surface area contributed by atoms with E-state index in [1.807, 2.05) is 0 Å². The van der Waals surface area contributed by atoms with Crippen LogP contribution in [0.15, 0.2) is 12.1 Å². The third-order valence-electron chi connectivity index (χ3n) is 1.85. The second-order valence-electron chi connectivity index (χ2n) is 2.76. The smallest absolute Gasteiger partial charge is 0.165 e. The lowest BCUT2D eigenvalue weighted by molar-refractivity contribution is 0.181. The van der Waals surface area contributed by atoms with Gasteiger partial charge in [0.2, 0.25) is 0 Å². The minimum atomic E-state index is -1.20. The van der Waals surface area contributed by atoms with E-state index in [4.69, 9.17) is 5.73 Å². The molecule has 1 aromatic carbocycles. The fourth-order valence-corrected chi connectivity index (χ4v) is 1.08. The number of aliphatic hydroxyl groups is 1. The Bertz CT molecular complexity index is 331. The average Bonchev–Trinajstić information content (AvgIpc) is 2.19. The van der Waals surface area contributed by atoms with E-state index in [0.29, 0.717) is 0 Å². The summed E-state index contributed by atoms with van der Waals surface area (Å²) >= 11 is 0. The van der Waals surface area contributed by atoms with Gasteiger partial charge in [0, 0.05) is 18.2 Å². The lowest BCUT2D eigenvalue weighted by Gasteiger charge is -2.11. The minimum absolute atomic E-state index is 0.161. The molecule has 0 bridgehead atoms. The lowest BCUT2D eigenvalue weighted by atomic mass is 10.1. The number of hydrogen-bond acceptors (Lipinski definition) is 3. The van der Waals surface area contributed by atoms with E-state index >= 15 is 0 Å². The predicted octanol–water partition coefficient (Wildman–Crippen LogP) is 0.966. The minimum Gasteiger partial charge on any atom is -0.494 e. The molecule has 0 saturated heterocycles. The van der Waals surface area contributed by atoms with Crippen LogP contribution in [0.5, 0.6) is 5.75 Å². The molecule has 1 atom stereocenters. The summed E-state index contributed by atoms with van der Waals surface area (Å²) in [7, 11) is 1.23. The Morgan fingerprint density at radius 2 is 2.07 bits per heavy atom. The van der Waals surface area contributed by atoms with Gasteiger partial charge in [0.15, 0.2) is 11.6 Å². The maximum atomic E-state index is 13.2. The SMILES string of the molecule is COc1cc(F)c(C(O)CN)cc1F. The molecule has 0 saturated carbocycles. The first kappa shape index (κ1) is 10.9. The van der Waals surface area contributed by atoms with Crippen LogP contribution in [-0.2, 0) is 0 Å². The molecule has 0 spiro atoms. The van der Waals surface area contributed by atoms with Crippen LogP contribution in [0.2, 0.25) is 0 Å². The molecule has 1 unspecified atom stereocenters. The average molecular weight is 203 g/mol. The second kappa shape index (κ2) is 4.34. The fraction of sp³-hybridized carbons (Fsp3) is 0.333. The van der Waals surface area contributed by atoms with Crippen LogP contribution in [0.3, 0.4) is 0 Å². The Kier molecular flexibility index (Phi) is 3.38. The first-order chi connectivity index (χ1) is 6.60. The van der Waals surface area contributed by atoms with E-state index in [-0.39, 0.29) is 17.9 Å². The number of nitrogens with two attached hydrogens (primary N) is 1. The highest BCUT2D eigenvalue weighted by Crippen LogP contribution is 2.24. The molecule has 5 heteroatoms. The summed E-state index contributed by atoms with van der Waals surface area (Å²) in [4.78, 5) is 0. The maximum absolute atomic E-state index is 13.2. The van der Waals surface area contributed by atoms with Crippen LogP contribution >= 0.6 is 0 Å². The van der Waals surface area contributed by atoms with Crippen molar-refractivity contribution >= 4 is 0 Å². The summed E-state index contributed by atoms with van der Waals surface area (Å²) in [5.74, 6) is -1.66. The number of rotatable bonds is 3. The van der Waals surface area contributed by atoms with Gasteiger partial charge in [-0.3, -0.25) is 0 Å². The van der Waals surface area contributed by atoms with Crippen molar-refractivity contribution in [1.29, 1.82) is 0 Å². The van der Waals surface area contributed by atoms with Crippen molar-refractivity contribution in [2.45, 2.75) is 6.10 Å². The third kappa shape index (κ3) is 2.00. The highest BCUT2D eigenvalue weighted by molar-refractivity contribution is 5.32. The van der Waals surface area contributed by atoms with Gasteiger partial charge in [-0.25, -0.2) is 8.78 Å². The maximum Gasteiger partial charge on any atom is 0.165 e. The van der Waals surface area contributed by atoms with E-state index in [1.165, 1.54) is 7.11 Å². The summed E-state index contributed by atoms with van der Waals surface area (Å²) < 4.78 is 30.8. The van der Waals surface area contributed by atoms with Gasteiger partial charge in [-0.05, 0) is 6.07 Å². The molecular formula is C9H11F2NO2. The summed E-state index contributed by atoms with van der Waals surface area (Å²) in [5, 5.41) is 9.23. The Balaban J connectivity index is 3.14. The number of ether oxygens (including phenoxy) is 1. The van der Waals surface area contributed by atoms with Gasteiger partial charge in [0.25, 0.3) is 0 Å². The van der Waals surface area contributed by atoms with E-state index in [1.54, 1.807) is 0 Å². The normalized spacial score (nSPS) is 12.6. The summed E-state index contributed by atoms with van der Waals surface area (Å²) in [5.41, 5.74) is 4.96. The standard InChI is InChI=1S/C9H11F2NO2/c1-14-9-3-6(10)5(2-7(9)11)8(13)4-12/h2-3,8,13H,4,12H2,1H3. The molecule has 0 aliphatic heterocycles. The third-order valence-corrected chi connectivity index (χ3v) is 1.85. The van der Waals surface area contributed by atoms with Crippen molar-refractivity contribution in [3.8, 4) is 5.75 Å². The van der Waals surface area contributed by atoms with Gasteiger partial charge in [0.1, 0.15) is 5.82 Å². The molecule has 0 amide bonds. The molecule has 1 aromatic rings. The molecule has 0 aliphatic rings. The molecule has 78 valence electrons. The molecule has 0 aliphatic carbocycles. The molecule has 0 aromatic heterocycles. The van der Waals surface area contributed by atoms with Gasteiger partial charge >= 0.3 is 0 Å². The molecular weight excluding hydrogens is 192 g/mol. The summed E-state index contributed by atoms with van der Waals surface area (Å²) in [6, 6.07) is 1.76. The van der Waals surface area contributed by atoms with Crippen molar-refractivity contribution in [3.05, 3.63) is 29.3 Å². The lowest BCUT2D eigenvalue weighted by Crippen LogP contribution is -2.13. The molecule has 0 fully saturated rings. The van der Waals surface area contributed by atoms with E-state index in [2.05, 4.69) is 4.74 Å². The van der Waals surface area contributed by atoms with Crippen LogP contribution in [0.1, 0.15) is 11.7 Å². The van der Waals surface area contributed by atoms with Crippen LogP contribution in [0.25, 0.3) is 0 Å². The molecule has 0 radical (unpaired) electrons. The van der Waals surface area contributed by atoms with Crippen molar-refractivity contribution in [2.24, 2.45) is 5.73 Å². The number of benzene rings is 1. The van der Waals surface area contributed by atoms with Gasteiger partial charge in [-0.15, -0.1) is 0 Å². The second-order valence-corrected chi connectivity index (χ2v) is 2.76. The Hall–Kier alpha value is -1.20. The largest absolute Gasteiger partial charge is 0.494 e. The number of halogens is 2. The number of aliphatic hydroxyl groups excluding tert-OH is 1. The van der Waals surface area contributed by atoms with E-state index in [9.17, 15) is 13.9 Å². The fourth-order valence-electron chi connectivity index (χ4n) is 1.08. The van der Waals surface area contributed by atoms with E-state index < -0.39 is 17.7 Å². The van der Waals surface area contributed by atoms with Gasteiger partial charge < -0.3 is 15.6 Å². The first-order valence-electron chi connectivity index (χ1n) is 4.01. The highest BCUT2D eigenvalue weighted by atomic mass is 19.1.